The van der Waals surface area contributed by atoms with Crippen LogP contribution in [0.2, 0.25) is 5.02 Å². The Balaban J connectivity index is 1.61. The van der Waals surface area contributed by atoms with Gasteiger partial charge in [0.15, 0.2) is 5.82 Å². The Bertz CT molecular complexity index is 1050. The number of halogens is 1. The van der Waals surface area contributed by atoms with Crippen molar-refractivity contribution in [1.82, 2.24) is 29.5 Å². The van der Waals surface area contributed by atoms with E-state index >= 15 is 0 Å². The van der Waals surface area contributed by atoms with Crippen molar-refractivity contribution in [3.8, 4) is 5.69 Å². The van der Waals surface area contributed by atoms with Crippen LogP contribution >= 0.6 is 11.6 Å². The van der Waals surface area contributed by atoms with E-state index in [0.29, 0.717) is 56.1 Å². The standard InChI is InChI=1S/C22H30ClN7O3/c1-22(2,3)33-21(32)28-10-8-27(9-11-28)19-25-24-18-14-29(20(31)26(4)5)13-15-12-16(23)6-7-17(15)30(18)19/h6-7,12H,8-11,13-14H2,1-5H3. The normalized spacial score (nSPS) is 16.1. The maximum Gasteiger partial charge on any atom is 0.410 e. The number of piperazine rings is 1. The number of benzene rings is 1. The Morgan fingerprint density at radius 2 is 1.73 bits per heavy atom. The summed E-state index contributed by atoms with van der Waals surface area (Å²) in [5.41, 5.74) is 1.29. The topological polar surface area (TPSA) is 87.0 Å². The van der Waals surface area contributed by atoms with Gasteiger partial charge in [-0.15, -0.1) is 10.2 Å². The number of aromatic nitrogens is 3. The van der Waals surface area contributed by atoms with E-state index in [1.54, 1.807) is 28.8 Å². The fraction of sp³-hybridized carbons (Fsp3) is 0.545. The monoisotopic (exact) mass is 475 g/mol. The van der Waals surface area contributed by atoms with Gasteiger partial charge >= 0.3 is 12.1 Å². The van der Waals surface area contributed by atoms with E-state index in [1.807, 2.05) is 43.5 Å². The molecule has 1 saturated heterocycles. The minimum Gasteiger partial charge on any atom is -0.444 e. The zero-order chi connectivity index (χ0) is 23.9. The molecule has 1 aromatic carbocycles. The molecule has 0 unspecified atom stereocenters. The van der Waals surface area contributed by atoms with E-state index in [2.05, 4.69) is 15.1 Å². The lowest BCUT2D eigenvalue weighted by atomic mass is 10.1. The number of hydrogen-bond acceptors (Lipinski definition) is 6. The Morgan fingerprint density at radius 1 is 1.03 bits per heavy atom. The summed E-state index contributed by atoms with van der Waals surface area (Å²) in [6, 6.07) is 5.54. The lowest BCUT2D eigenvalue weighted by molar-refractivity contribution is 0.0240. The first-order valence-electron chi connectivity index (χ1n) is 11.0. The molecule has 0 N–H and O–H groups in total. The molecular weight excluding hydrogens is 446 g/mol. The Morgan fingerprint density at radius 3 is 2.36 bits per heavy atom. The van der Waals surface area contributed by atoms with Crippen LogP contribution in [0, 0.1) is 0 Å². The molecule has 0 aliphatic carbocycles. The maximum absolute atomic E-state index is 12.8. The molecule has 0 atom stereocenters. The summed E-state index contributed by atoms with van der Waals surface area (Å²) in [7, 11) is 3.46. The van der Waals surface area contributed by atoms with Crippen molar-refractivity contribution in [2.45, 2.75) is 39.5 Å². The predicted molar refractivity (Wildman–Crippen MR) is 125 cm³/mol. The van der Waals surface area contributed by atoms with E-state index in [4.69, 9.17) is 16.3 Å². The van der Waals surface area contributed by atoms with Gasteiger partial charge in [0.2, 0.25) is 5.95 Å². The highest BCUT2D eigenvalue weighted by molar-refractivity contribution is 6.30. The Hall–Kier alpha value is -3.01. The first-order chi connectivity index (χ1) is 15.5. The van der Waals surface area contributed by atoms with Gasteiger partial charge in [-0.05, 0) is 44.5 Å². The molecule has 178 valence electrons. The Kier molecular flexibility index (Phi) is 6.13. The van der Waals surface area contributed by atoms with Crippen molar-refractivity contribution in [1.29, 1.82) is 0 Å². The molecule has 0 radical (unpaired) electrons. The molecule has 2 aliphatic rings. The largest absolute Gasteiger partial charge is 0.444 e. The van der Waals surface area contributed by atoms with E-state index in [9.17, 15) is 9.59 Å². The van der Waals surface area contributed by atoms with Crippen LogP contribution in [-0.4, -0.2) is 87.5 Å². The number of fused-ring (bicyclic) bond motifs is 3. The highest BCUT2D eigenvalue weighted by Gasteiger charge is 2.32. The second-order valence-electron chi connectivity index (χ2n) is 9.51. The van der Waals surface area contributed by atoms with Crippen LogP contribution in [0.5, 0.6) is 0 Å². The zero-order valence-electron chi connectivity index (χ0n) is 19.7. The summed E-state index contributed by atoms with van der Waals surface area (Å²) >= 11 is 6.29. The van der Waals surface area contributed by atoms with Gasteiger partial charge in [-0.25, -0.2) is 9.59 Å². The molecule has 0 spiro atoms. The summed E-state index contributed by atoms with van der Waals surface area (Å²) in [5.74, 6) is 1.37. The number of urea groups is 1. The highest BCUT2D eigenvalue weighted by atomic mass is 35.5. The molecule has 1 aromatic heterocycles. The van der Waals surface area contributed by atoms with Crippen molar-refractivity contribution in [2.75, 3.05) is 45.2 Å². The fourth-order valence-electron chi connectivity index (χ4n) is 4.03. The molecular formula is C22H30ClN7O3. The third-order valence-electron chi connectivity index (χ3n) is 5.56. The molecule has 3 amide bonds. The van der Waals surface area contributed by atoms with Gasteiger partial charge in [0.05, 0.1) is 18.8 Å². The van der Waals surface area contributed by atoms with Gasteiger partial charge in [-0.3, -0.25) is 4.57 Å². The lowest BCUT2D eigenvalue weighted by Crippen LogP contribution is -2.50. The SMILES string of the molecule is CN(C)C(=O)N1Cc2cc(Cl)ccc2-n2c(nnc2N2CCN(C(=O)OC(C)(C)C)CC2)C1. The van der Waals surface area contributed by atoms with Crippen LogP contribution < -0.4 is 4.90 Å². The molecule has 4 rings (SSSR count). The second kappa shape index (κ2) is 8.74. The van der Waals surface area contributed by atoms with Crippen LogP contribution in [-0.2, 0) is 17.8 Å². The molecule has 0 saturated carbocycles. The van der Waals surface area contributed by atoms with Gasteiger partial charge in [-0.2, -0.15) is 0 Å². The average molecular weight is 476 g/mol. The van der Waals surface area contributed by atoms with Crippen LogP contribution in [0.25, 0.3) is 5.69 Å². The van der Waals surface area contributed by atoms with Gasteiger partial charge in [0, 0.05) is 45.3 Å². The predicted octanol–water partition coefficient (Wildman–Crippen LogP) is 2.98. The minimum atomic E-state index is -0.528. The van der Waals surface area contributed by atoms with Gasteiger partial charge in [0.1, 0.15) is 5.60 Å². The first-order valence-corrected chi connectivity index (χ1v) is 11.3. The first kappa shape index (κ1) is 23.2. The number of rotatable bonds is 1. The number of carbonyl (C=O) groups excluding carboxylic acids is 2. The number of carbonyl (C=O) groups is 2. The van der Waals surface area contributed by atoms with Crippen LogP contribution in [0.15, 0.2) is 18.2 Å². The molecule has 10 nitrogen and oxygen atoms in total. The van der Waals surface area contributed by atoms with E-state index in [-0.39, 0.29) is 12.1 Å². The summed E-state index contributed by atoms with van der Waals surface area (Å²) in [4.78, 5) is 32.3. The Labute approximate surface area is 198 Å². The summed E-state index contributed by atoms with van der Waals surface area (Å²) in [6.45, 7) is 8.57. The van der Waals surface area contributed by atoms with Crippen LogP contribution in [0.3, 0.4) is 0 Å². The number of anilines is 1. The van der Waals surface area contributed by atoms with E-state index < -0.39 is 5.60 Å². The third kappa shape index (κ3) is 4.85. The van der Waals surface area contributed by atoms with Crippen molar-refractivity contribution in [2.24, 2.45) is 0 Å². The van der Waals surface area contributed by atoms with Gasteiger partial charge < -0.3 is 24.3 Å². The maximum atomic E-state index is 12.8. The molecule has 3 heterocycles. The number of hydrogen-bond donors (Lipinski definition) is 0. The van der Waals surface area contributed by atoms with Crippen LogP contribution in [0.4, 0.5) is 15.5 Å². The summed E-state index contributed by atoms with van der Waals surface area (Å²) in [6.07, 6.45) is -0.306. The fourth-order valence-corrected chi connectivity index (χ4v) is 4.22. The third-order valence-corrected chi connectivity index (χ3v) is 5.79. The minimum absolute atomic E-state index is 0.107. The molecule has 2 aromatic rings. The van der Waals surface area contributed by atoms with Crippen LogP contribution in [0.1, 0.15) is 32.2 Å². The van der Waals surface area contributed by atoms with Crippen molar-refractivity contribution >= 4 is 29.7 Å². The summed E-state index contributed by atoms with van der Waals surface area (Å²) in [5, 5.41) is 9.51. The van der Waals surface area contributed by atoms with Crippen molar-refractivity contribution in [3.05, 3.63) is 34.6 Å². The molecule has 1 fully saturated rings. The van der Waals surface area contributed by atoms with Crippen molar-refractivity contribution < 1.29 is 14.3 Å². The highest BCUT2D eigenvalue weighted by Crippen LogP contribution is 2.31. The zero-order valence-corrected chi connectivity index (χ0v) is 20.5. The number of ether oxygens (including phenoxy) is 1. The number of amides is 3. The summed E-state index contributed by atoms with van der Waals surface area (Å²) < 4.78 is 7.50. The quantitative estimate of drug-likeness (QED) is 0.630. The molecule has 11 heteroatoms. The lowest BCUT2D eigenvalue weighted by Gasteiger charge is -2.36. The second-order valence-corrected chi connectivity index (χ2v) is 9.95. The van der Waals surface area contributed by atoms with E-state index in [0.717, 1.165) is 11.3 Å². The van der Waals surface area contributed by atoms with E-state index in [1.165, 1.54) is 0 Å². The van der Waals surface area contributed by atoms with Crippen molar-refractivity contribution in [3.63, 3.8) is 0 Å². The average Bonchev–Trinajstić information content (AvgIpc) is 3.07. The van der Waals surface area contributed by atoms with Gasteiger partial charge in [-0.1, -0.05) is 11.6 Å². The van der Waals surface area contributed by atoms with Gasteiger partial charge in [0.25, 0.3) is 0 Å². The molecule has 33 heavy (non-hydrogen) atoms. The molecule has 2 aliphatic heterocycles. The smallest absolute Gasteiger partial charge is 0.410 e. The number of nitrogens with zero attached hydrogens (tertiary/aromatic N) is 7. The molecule has 0 bridgehead atoms.